The molecule has 0 fully saturated rings. The van der Waals surface area contributed by atoms with E-state index in [-0.39, 0.29) is 6.04 Å². The number of hydrogen-bond acceptors (Lipinski definition) is 7. The van der Waals surface area contributed by atoms with Gasteiger partial charge in [-0.15, -0.1) is 0 Å². The molecule has 0 amide bonds. The van der Waals surface area contributed by atoms with E-state index in [9.17, 15) is 0 Å². The number of hydrazone groups is 1. The van der Waals surface area contributed by atoms with Crippen LogP contribution in [0.15, 0.2) is 71.8 Å². The molecule has 0 aliphatic carbocycles. The average Bonchev–Trinajstić information content (AvgIpc) is 3.35. The lowest BCUT2D eigenvalue weighted by atomic mass is 10.00. The van der Waals surface area contributed by atoms with E-state index in [1.807, 2.05) is 71.8 Å². The van der Waals surface area contributed by atoms with Gasteiger partial charge in [0.2, 0.25) is 0 Å². The summed E-state index contributed by atoms with van der Waals surface area (Å²) < 4.78 is 27.1. The monoisotopic (exact) mass is 474 g/mol. The van der Waals surface area contributed by atoms with Crippen molar-refractivity contribution in [1.82, 2.24) is 0 Å². The molecule has 0 N–H and O–H groups in total. The Bertz CT molecular complexity index is 1220. The Labute approximate surface area is 206 Å². The van der Waals surface area contributed by atoms with E-state index < -0.39 is 0 Å². The van der Waals surface area contributed by atoms with Crippen LogP contribution in [-0.2, 0) is 0 Å². The second-order valence-corrected chi connectivity index (χ2v) is 7.92. The fraction of sp³-hybridized carbons (Fsp3) is 0.250. The Morgan fingerprint density at radius 2 is 1.31 bits per heavy atom. The minimum atomic E-state index is -0.00625. The van der Waals surface area contributed by atoms with Gasteiger partial charge in [-0.25, -0.2) is 0 Å². The Hall–Kier alpha value is -4.13. The van der Waals surface area contributed by atoms with Crippen molar-refractivity contribution in [2.45, 2.75) is 12.5 Å². The summed E-state index contributed by atoms with van der Waals surface area (Å²) in [6.07, 6.45) is 4.80. The second-order valence-electron chi connectivity index (χ2n) is 7.92. The van der Waals surface area contributed by atoms with Crippen molar-refractivity contribution in [2.24, 2.45) is 5.10 Å². The molecule has 0 saturated heterocycles. The first-order valence-electron chi connectivity index (χ1n) is 11.2. The number of ether oxygens (including phenoxy) is 5. The zero-order valence-electron chi connectivity index (χ0n) is 20.6. The van der Waals surface area contributed by atoms with E-state index in [0.717, 1.165) is 34.7 Å². The predicted octanol–water partition coefficient (Wildman–Crippen LogP) is 5.75. The van der Waals surface area contributed by atoms with Crippen molar-refractivity contribution < 1.29 is 23.7 Å². The minimum Gasteiger partial charge on any atom is -0.497 e. The molecule has 3 aromatic rings. The molecule has 1 aliphatic rings. The predicted molar refractivity (Wildman–Crippen MR) is 138 cm³/mol. The fourth-order valence-corrected chi connectivity index (χ4v) is 4.08. The molecule has 7 heteroatoms. The fourth-order valence-electron chi connectivity index (χ4n) is 4.08. The van der Waals surface area contributed by atoms with Crippen molar-refractivity contribution >= 4 is 17.5 Å². The van der Waals surface area contributed by atoms with Crippen molar-refractivity contribution in [3.63, 3.8) is 0 Å². The first kappa shape index (κ1) is 24.0. The average molecular weight is 475 g/mol. The van der Waals surface area contributed by atoms with Crippen molar-refractivity contribution in [2.75, 3.05) is 40.6 Å². The molecule has 1 heterocycles. The smallest absolute Gasteiger partial charge is 0.161 e. The molecule has 0 spiro atoms. The molecule has 35 heavy (non-hydrogen) atoms. The Morgan fingerprint density at radius 3 is 1.94 bits per heavy atom. The van der Waals surface area contributed by atoms with E-state index in [2.05, 4.69) is 6.07 Å². The summed E-state index contributed by atoms with van der Waals surface area (Å²) in [5.74, 6) is 3.56. The van der Waals surface area contributed by atoms with Gasteiger partial charge in [-0.05, 0) is 65.7 Å². The minimum absolute atomic E-state index is 0.00625. The molecule has 3 aromatic carbocycles. The second kappa shape index (κ2) is 10.9. The molecule has 1 aliphatic heterocycles. The highest BCUT2D eigenvalue weighted by atomic mass is 16.5. The zero-order chi connectivity index (χ0) is 24.8. The van der Waals surface area contributed by atoms with E-state index in [4.69, 9.17) is 28.8 Å². The van der Waals surface area contributed by atoms with Crippen molar-refractivity contribution in [3.8, 4) is 28.7 Å². The molecule has 7 nitrogen and oxygen atoms in total. The van der Waals surface area contributed by atoms with Crippen LogP contribution in [0, 0.1) is 0 Å². The van der Waals surface area contributed by atoms with Crippen LogP contribution in [0.3, 0.4) is 0 Å². The molecule has 0 bridgehead atoms. The highest BCUT2D eigenvalue weighted by Gasteiger charge is 2.29. The molecule has 1 atom stereocenters. The normalized spacial score (nSPS) is 15.2. The summed E-state index contributed by atoms with van der Waals surface area (Å²) in [4.78, 5) is 0. The molecule has 0 radical (unpaired) electrons. The first-order valence-corrected chi connectivity index (χ1v) is 11.2. The molecular weight excluding hydrogens is 444 g/mol. The van der Waals surface area contributed by atoms with E-state index in [1.54, 1.807) is 35.5 Å². The maximum absolute atomic E-state index is 5.55. The van der Waals surface area contributed by atoms with Crippen LogP contribution in [0.4, 0.5) is 5.69 Å². The van der Waals surface area contributed by atoms with Crippen LogP contribution in [0.25, 0.3) is 6.08 Å². The van der Waals surface area contributed by atoms with Gasteiger partial charge in [0.25, 0.3) is 0 Å². The van der Waals surface area contributed by atoms with Crippen LogP contribution in [0.1, 0.15) is 23.6 Å². The Balaban J connectivity index is 1.66. The van der Waals surface area contributed by atoms with E-state index >= 15 is 0 Å². The third-order valence-corrected chi connectivity index (χ3v) is 5.94. The number of allylic oxidation sites excluding steroid dienone is 1. The molecule has 0 saturated carbocycles. The number of rotatable bonds is 9. The number of benzene rings is 3. The van der Waals surface area contributed by atoms with Gasteiger partial charge in [-0.1, -0.05) is 18.2 Å². The van der Waals surface area contributed by atoms with Gasteiger partial charge < -0.3 is 23.7 Å². The standard InChI is InChI=1S/C28H30N2O5/c1-31-23-12-10-22(11-13-23)30-24(20-8-15-26(33-3)28(17-20)35-5)18-21(29-30)9-6-19-7-14-25(32-2)27(16-19)34-4/h6-17,24H,18H2,1-5H3. The highest BCUT2D eigenvalue weighted by molar-refractivity contribution is 6.01. The van der Waals surface area contributed by atoms with Gasteiger partial charge in [0.1, 0.15) is 5.75 Å². The number of anilines is 1. The molecule has 4 rings (SSSR count). The van der Waals surface area contributed by atoms with E-state index in [0.29, 0.717) is 23.0 Å². The maximum atomic E-state index is 5.55. The SMILES string of the molecule is COc1ccc(N2N=C(C=Cc3ccc(OC)c(OC)c3)CC2c2ccc(OC)c(OC)c2)cc1. The Kier molecular flexibility index (Phi) is 7.45. The summed E-state index contributed by atoms with van der Waals surface area (Å²) in [5, 5.41) is 6.99. The molecular formula is C28H30N2O5. The molecule has 0 aromatic heterocycles. The summed E-state index contributed by atoms with van der Waals surface area (Å²) in [5.41, 5.74) is 4.00. The first-order chi connectivity index (χ1) is 17.1. The summed E-state index contributed by atoms with van der Waals surface area (Å²) >= 11 is 0. The largest absolute Gasteiger partial charge is 0.497 e. The zero-order valence-corrected chi connectivity index (χ0v) is 20.6. The van der Waals surface area contributed by atoms with Crippen LogP contribution >= 0.6 is 0 Å². The van der Waals surface area contributed by atoms with Crippen LogP contribution in [0.2, 0.25) is 0 Å². The van der Waals surface area contributed by atoms with Gasteiger partial charge in [0, 0.05) is 6.42 Å². The topological polar surface area (TPSA) is 61.8 Å². The van der Waals surface area contributed by atoms with Gasteiger partial charge >= 0.3 is 0 Å². The summed E-state index contributed by atoms with van der Waals surface area (Å²) in [6.45, 7) is 0. The van der Waals surface area contributed by atoms with Crippen molar-refractivity contribution in [3.05, 3.63) is 77.9 Å². The number of nitrogens with zero attached hydrogens (tertiary/aromatic N) is 2. The summed E-state index contributed by atoms with van der Waals surface area (Å²) in [6, 6.07) is 19.7. The lowest BCUT2D eigenvalue weighted by molar-refractivity contribution is 0.354. The molecule has 182 valence electrons. The lowest BCUT2D eigenvalue weighted by Gasteiger charge is -2.24. The third kappa shape index (κ3) is 5.19. The van der Waals surface area contributed by atoms with Gasteiger partial charge in [-0.3, -0.25) is 5.01 Å². The van der Waals surface area contributed by atoms with Crippen LogP contribution < -0.4 is 28.7 Å². The lowest BCUT2D eigenvalue weighted by Crippen LogP contribution is -2.18. The van der Waals surface area contributed by atoms with Crippen LogP contribution in [0.5, 0.6) is 28.7 Å². The number of methoxy groups -OCH3 is 5. The van der Waals surface area contributed by atoms with Crippen molar-refractivity contribution in [1.29, 1.82) is 0 Å². The Morgan fingerprint density at radius 1 is 0.686 bits per heavy atom. The van der Waals surface area contributed by atoms with Gasteiger partial charge in [-0.2, -0.15) is 5.10 Å². The molecule has 1 unspecified atom stereocenters. The third-order valence-electron chi connectivity index (χ3n) is 5.94. The van der Waals surface area contributed by atoms with E-state index in [1.165, 1.54) is 0 Å². The quantitative estimate of drug-likeness (QED) is 0.394. The van der Waals surface area contributed by atoms with Gasteiger partial charge in [0.05, 0.1) is 53.0 Å². The van der Waals surface area contributed by atoms with Crippen LogP contribution in [-0.4, -0.2) is 41.3 Å². The highest BCUT2D eigenvalue weighted by Crippen LogP contribution is 2.39. The number of hydrogen-bond donors (Lipinski definition) is 0. The maximum Gasteiger partial charge on any atom is 0.161 e. The van der Waals surface area contributed by atoms with Gasteiger partial charge in [0.15, 0.2) is 23.0 Å². The summed E-state index contributed by atoms with van der Waals surface area (Å²) in [7, 11) is 8.20.